The zero-order valence-electron chi connectivity index (χ0n) is 15.3. The van der Waals surface area contributed by atoms with E-state index in [1.807, 2.05) is 0 Å². The van der Waals surface area contributed by atoms with Crippen LogP contribution in [-0.4, -0.2) is 32.1 Å². The van der Waals surface area contributed by atoms with Crippen molar-refractivity contribution < 1.29 is 23.5 Å². The van der Waals surface area contributed by atoms with Crippen LogP contribution in [0.2, 0.25) is 0 Å². The number of hydrogen-bond acceptors (Lipinski definition) is 6. The predicted molar refractivity (Wildman–Crippen MR) is 98.9 cm³/mol. The molecule has 1 aromatic carbocycles. The molecule has 3 rings (SSSR count). The van der Waals surface area contributed by atoms with Crippen molar-refractivity contribution in [2.24, 2.45) is 5.92 Å². The minimum absolute atomic E-state index is 0.254. The molecule has 1 aliphatic rings. The summed E-state index contributed by atoms with van der Waals surface area (Å²) >= 11 is 0. The minimum Gasteiger partial charge on any atom is -0.493 e. The molecule has 1 fully saturated rings. The summed E-state index contributed by atoms with van der Waals surface area (Å²) in [6.45, 7) is 0.162. The van der Waals surface area contributed by atoms with E-state index in [1.54, 1.807) is 18.2 Å². The molecule has 0 unspecified atom stereocenters. The number of fused-ring (bicyclic) bond motifs is 1. The third-order valence-electron chi connectivity index (χ3n) is 4.81. The van der Waals surface area contributed by atoms with Crippen molar-refractivity contribution in [2.45, 2.75) is 32.1 Å². The lowest BCUT2D eigenvalue weighted by atomic mass is 9.89. The monoisotopic (exact) mass is 373 g/mol. The van der Waals surface area contributed by atoms with Crippen molar-refractivity contribution in [3.8, 4) is 5.75 Å². The average Bonchev–Trinajstić information content (AvgIpc) is 2.70. The molecule has 1 amide bonds. The second kappa shape index (κ2) is 8.70. The van der Waals surface area contributed by atoms with E-state index in [-0.39, 0.29) is 17.1 Å². The number of benzene rings is 1. The number of carbonyl (C=O) groups excluding carboxylic acids is 2. The summed E-state index contributed by atoms with van der Waals surface area (Å²) in [7, 11) is 1.46. The molecule has 0 spiro atoms. The van der Waals surface area contributed by atoms with Crippen molar-refractivity contribution in [3.63, 3.8) is 0 Å². The molecule has 0 bridgehead atoms. The first kappa shape index (κ1) is 18.9. The average molecular weight is 373 g/mol. The van der Waals surface area contributed by atoms with E-state index in [2.05, 4.69) is 5.32 Å². The zero-order valence-corrected chi connectivity index (χ0v) is 15.3. The van der Waals surface area contributed by atoms with Crippen molar-refractivity contribution in [3.05, 3.63) is 40.2 Å². The van der Waals surface area contributed by atoms with Gasteiger partial charge in [-0.25, -0.2) is 9.59 Å². The molecule has 7 nitrogen and oxygen atoms in total. The van der Waals surface area contributed by atoms with Crippen LogP contribution in [0.25, 0.3) is 11.0 Å². The van der Waals surface area contributed by atoms with Gasteiger partial charge < -0.3 is 19.2 Å². The molecule has 2 aromatic rings. The summed E-state index contributed by atoms with van der Waals surface area (Å²) in [6, 6.07) is 6.44. The number of carbonyl (C=O) groups is 2. The van der Waals surface area contributed by atoms with Crippen LogP contribution in [-0.2, 0) is 9.53 Å². The Morgan fingerprint density at radius 3 is 2.74 bits per heavy atom. The van der Waals surface area contributed by atoms with Gasteiger partial charge in [0.15, 0.2) is 17.9 Å². The Balaban J connectivity index is 1.59. The van der Waals surface area contributed by atoms with Crippen molar-refractivity contribution in [2.75, 3.05) is 20.3 Å². The molecule has 144 valence electrons. The molecular formula is C20H23NO6. The number of methoxy groups -OCH3 is 1. The lowest BCUT2D eigenvalue weighted by Crippen LogP contribution is -2.34. The van der Waals surface area contributed by atoms with E-state index < -0.39 is 18.2 Å². The Hall–Kier alpha value is -2.83. The molecule has 1 aliphatic carbocycles. The van der Waals surface area contributed by atoms with Gasteiger partial charge in [0.2, 0.25) is 0 Å². The number of esters is 1. The molecular weight excluding hydrogens is 350 g/mol. The topological polar surface area (TPSA) is 94.8 Å². The van der Waals surface area contributed by atoms with Gasteiger partial charge in [-0.15, -0.1) is 0 Å². The van der Waals surface area contributed by atoms with Crippen molar-refractivity contribution in [1.29, 1.82) is 0 Å². The third kappa shape index (κ3) is 4.67. The Labute approximate surface area is 156 Å². The van der Waals surface area contributed by atoms with Crippen LogP contribution >= 0.6 is 0 Å². The van der Waals surface area contributed by atoms with E-state index in [4.69, 9.17) is 13.9 Å². The van der Waals surface area contributed by atoms with Gasteiger partial charge in [-0.1, -0.05) is 31.4 Å². The van der Waals surface area contributed by atoms with Crippen LogP contribution < -0.4 is 15.7 Å². The molecule has 0 radical (unpaired) electrons. The Bertz CT molecular complexity index is 882. The number of ether oxygens (including phenoxy) is 2. The van der Waals surface area contributed by atoms with Gasteiger partial charge in [0.25, 0.3) is 5.91 Å². The number of para-hydroxylation sites is 1. The highest BCUT2D eigenvalue weighted by atomic mass is 16.5. The molecule has 0 atom stereocenters. The van der Waals surface area contributed by atoms with E-state index in [0.29, 0.717) is 23.6 Å². The van der Waals surface area contributed by atoms with Gasteiger partial charge in [-0.2, -0.15) is 0 Å². The fourth-order valence-electron chi connectivity index (χ4n) is 3.33. The van der Waals surface area contributed by atoms with E-state index in [9.17, 15) is 14.4 Å². The van der Waals surface area contributed by atoms with E-state index >= 15 is 0 Å². The van der Waals surface area contributed by atoms with Crippen molar-refractivity contribution >= 4 is 22.8 Å². The van der Waals surface area contributed by atoms with Crippen molar-refractivity contribution in [1.82, 2.24) is 5.32 Å². The van der Waals surface area contributed by atoms with Crippen LogP contribution in [0, 0.1) is 5.92 Å². The largest absolute Gasteiger partial charge is 0.493 e. The minimum atomic E-state index is -0.888. The van der Waals surface area contributed by atoms with Crippen LogP contribution in [0.15, 0.2) is 33.5 Å². The second-order valence-electron chi connectivity index (χ2n) is 6.71. The summed E-state index contributed by atoms with van der Waals surface area (Å²) in [4.78, 5) is 36.2. The standard InChI is InChI=1S/C20H23NO6/c1-25-16-9-5-8-14-10-15(20(24)27-18(14)16)19(23)26-12-17(22)21-11-13-6-3-2-4-7-13/h5,8-10,13H,2-4,6-7,11-12H2,1H3,(H,21,22). The van der Waals surface area contributed by atoms with Crippen LogP contribution in [0.4, 0.5) is 0 Å². The first-order valence-corrected chi connectivity index (χ1v) is 9.13. The predicted octanol–water partition coefficient (Wildman–Crippen LogP) is 2.65. The van der Waals surface area contributed by atoms with Gasteiger partial charge in [-0.05, 0) is 30.9 Å². The number of nitrogens with one attached hydrogen (secondary N) is 1. The normalized spacial score (nSPS) is 14.7. The highest BCUT2D eigenvalue weighted by molar-refractivity contribution is 5.95. The first-order valence-electron chi connectivity index (χ1n) is 9.13. The molecule has 1 N–H and O–H groups in total. The lowest BCUT2D eigenvalue weighted by Gasteiger charge is -2.21. The van der Waals surface area contributed by atoms with E-state index in [1.165, 1.54) is 32.4 Å². The maximum Gasteiger partial charge on any atom is 0.351 e. The Kier molecular flexibility index (Phi) is 6.11. The number of amides is 1. The highest BCUT2D eigenvalue weighted by Gasteiger charge is 2.19. The second-order valence-corrected chi connectivity index (χ2v) is 6.71. The maximum atomic E-state index is 12.2. The number of rotatable bonds is 6. The molecule has 1 aromatic heterocycles. The maximum absolute atomic E-state index is 12.2. The third-order valence-corrected chi connectivity index (χ3v) is 4.81. The highest BCUT2D eigenvalue weighted by Crippen LogP contribution is 2.24. The van der Waals surface area contributed by atoms with Gasteiger partial charge >= 0.3 is 11.6 Å². The summed E-state index contributed by atoms with van der Waals surface area (Å²) in [5, 5.41) is 3.31. The first-order chi connectivity index (χ1) is 13.1. The fourth-order valence-corrected chi connectivity index (χ4v) is 3.33. The van der Waals surface area contributed by atoms with Crippen LogP contribution in [0.3, 0.4) is 0 Å². The van der Waals surface area contributed by atoms with Gasteiger partial charge in [-0.3, -0.25) is 4.79 Å². The summed E-state index contributed by atoms with van der Waals surface area (Å²) in [6.07, 6.45) is 5.86. The quantitative estimate of drug-likeness (QED) is 0.618. The van der Waals surface area contributed by atoms with Gasteiger partial charge in [0, 0.05) is 11.9 Å². The summed E-state index contributed by atoms with van der Waals surface area (Å²) in [5.41, 5.74) is -0.831. The van der Waals surface area contributed by atoms with Gasteiger partial charge in [0.05, 0.1) is 7.11 Å². The molecule has 1 saturated carbocycles. The summed E-state index contributed by atoms with van der Waals surface area (Å²) < 4.78 is 15.3. The van der Waals surface area contributed by atoms with Gasteiger partial charge in [0.1, 0.15) is 5.56 Å². The zero-order chi connectivity index (χ0) is 19.2. The molecule has 27 heavy (non-hydrogen) atoms. The van der Waals surface area contributed by atoms with Crippen LogP contribution in [0.1, 0.15) is 42.5 Å². The lowest BCUT2D eigenvalue weighted by molar-refractivity contribution is -0.124. The molecule has 1 heterocycles. The smallest absolute Gasteiger partial charge is 0.351 e. The Morgan fingerprint density at radius 1 is 1.22 bits per heavy atom. The molecule has 0 saturated heterocycles. The Morgan fingerprint density at radius 2 is 2.00 bits per heavy atom. The number of hydrogen-bond donors (Lipinski definition) is 1. The molecule has 7 heteroatoms. The molecule has 0 aliphatic heterocycles. The fraction of sp³-hybridized carbons (Fsp3) is 0.450. The van der Waals surface area contributed by atoms with E-state index in [0.717, 1.165) is 12.8 Å². The SMILES string of the molecule is COc1cccc2cc(C(=O)OCC(=O)NCC3CCCCC3)c(=O)oc12. The summed E-state index contributed by atoms with van der Waals surface area (Å²) in [5.74, 6) is -0.380. The van der Waals surface area contributed by atoms with Crippen LogP contribution in [0.5, 0.6) is 5.75 Å².